The average molecular weight is 214 g/mol. The van der Waals surface area contributed by atoms with Crippen molar-refractivity contribution in [2.45, 2.75) is 58.3 Å². The summed E-state index contributed by atoms with van der Waals surface area (Å²) in [5.74, 6) is 0. The largest absolute Gasteiger partial charge is 0.372 e. The molecule has 3 nitrogen and oxygen atoms in total. The lowest BCUT2D eigenvalue weighted by Crippen LogP contribution is -2.38. The Labute approximate surface area is 94.0 Å². The van der Waals surface area contributed by atoms with E-state index in [-0.39, 0.29) is 0 Å². The van der Waals surface area contributed by atoms with Gasteiger partial charge in [0.15, 0.2) is 0 Å². The van der Waals surface area contributed by atoms with E-state index in [0.29, 0.717) is 24.8 Å². The molecule has 0 amide bonds. The molecule has 1 saturated heterocycles. The third-order valence-corrected chi connectivity index (χ3v) is 3.14. The molecule has 15 heavy (non-hydrogen) atoms. The van der Waals surface area contributed by atoms with Crippen LogP contribution in [0.1, 0.15) is 40.0 Å². The van der Waals surface area contributed by atoms with Gasteiger partial charge in [0.2, 0.25) is 0 Å². The van der Waals surface area contributed by atoms with Crippen LogP contribution in [0.4, 0.5) is 0 Å². The molecular formula is C12H26N2O. The van der Waals surface area contributed by atoms with E-state index in [9.17, 15) is 0 Å². The van der Waals surface area contributed by atoms with Crippen molar-refractivity contribution in [1.82, 2.24) is 4.90 Å². The molecule has 2 unspecified atom stereocenters. The second-order valence-electron chi connectivity index (χ2n) is 4.78. The van der Waals surface area contributed by atoms with Gasteiger partial charge in [-0.1, -0.05) is 6.92 Å². The van der Waals surface area contributed by atoms with Crippen LogP contribution in [0.15, 0.2) is 0 Å². The molecule has 0 bridgehead atoms. The molecule has 1 heterocycles. The van der Waals surface area contributed by atoms with Crippen LogP contribution in [-0.4, -0.2) is 42.8 Å². The van der Waals surface area contributed by atoms with Gasteiger partial charge in [0.25, 0.3) is 0 Å². The molecule has 90 valence electrons. The maximum atomic E-state index is 5.87. The Balaban J connectivity index is 2.32. The first kappa shape index (κ1) is 12.9. The fourth-order valence-electron chi connectivity index (χ4n) is 2.20. The van der Waals surface area contributed by atoms with Crippen molar-refractivity contribution in [3.8, 4) is 0 Å². The lowest BCUT2D eigenvalue weighted by molar-refractivity contribution is 0.0207. The highest BCUT2D eigenvalue weighted by atomic mass is 16.5. The number of nitrogens with zero attached hydrogens (tertiary/aromatic N) is 1. The van der Waals surface area contributed by atoms with Crippen molar-refractivity contribution in [3.05, 3.63) is 0 Å². The average Bonchev–Trinajstić information content (AvgIpc) is 2.65. The fourth-order valence-corrected chi connectivity index (χ4v) is 2.20. The fraction of sp³-hybridized carbons (Fsp3) is 1.00. The van der Waals surface area contributed by atoms with E-state index in [0.717, 1.165) is 13.0 Å². The highest BCUT2D eigenvalue weighted by molar-refractivity contribution is 4.78. The molecule has 0 spiro atoms. The summed E-state index contributed by atoms with van der Waals surface area (Å²) in [6.07, 6.45) is 4.25. The first-order valence-corrected chi connectivity index (χ1v) is 6.27. The molecule has 0 aromatic heterocycles. The molecule has 0 saturated carbocycles. The molecule has 1 rings (SSSR count). The molecule has 0 radical (unpaired) electrons. The molecule has 1 aliphatic heterocycles. The lowest BCUT2D eigenvalue weighted by atomic mass is 10.1. The minimum atomic E-state index is 0.311. The van der Waals surface area contributed by atoms with E-state index in [1.165, 1.54) is 19.4 Å². The van der Waals surface area contributed by atoms with Crippen LogP contribution in [0.3, 0.4) is 0 Å². The van der Waals surface area contributed by atoms with Crippen LogP contribution in [0.25, 0.3) is 0 Å². The predicted molar refractivity (Wildman–Crippen MR) is 63.9 cm³/mol. The Morgan fingerprint density at radius 1 is 1.33 bits per heavy atom. The van der Waals surface area contributed by atoms with Crippen LogP contribution in [-0.2, 0) is 4.74 Å². The monoisotopic (exact) mass is 214 g/mol. The summed E-state index contributed by atoms with van der Waals surface area (Å²) in [6.45, 7) is 9.66. The summed E-state index contributed by atoms with van der Waals surface area (Å²) >= 11 is 0. The van der Waals surface area contributed by atoms with Gasteiger partial charge in [0.05, 0.1) is 12.2 Å². The van der Waals surface area contributed by atoms with Crippen molar-refractivity contribution in [2.24, 2.45) is 5.73 Å². The third-order valence-electron chi connectivity index (χ3n) is 3.14. The second-order valence-corrected chi connectivity index (χ2v) is 4.78. The summed E-state index contributed by atoms with van der Waals surface area (Å²) in [5, 5.41) is 0. The number of rotatable bonds is 6. The van der Waals surface area contributed by atoms with Crippen LogP contribution in [0, 0.1) is 0 Å². The van der Waals surface area contributed by atoms with Gasteiger partial charge in [-0.25, -0.2) is 0 Å². The molecular weight excluding hydrogens is 188 g/mol. The van der Waals surface area contributed by atoms with Gasteiger partial charge < -0.3 is 10.5 Å². The van der Waals surface area contributed by atoms with Gasteiger partial charge in [0, 0.05) is 19.1 Å². The zero-order chi connectivity index (χ0) is 11.3. The summed E-state index contributed by atoms with van der Waals surface area (Å²) < 4.78 is 5.87. The van der Waals surface area contributed by atoms with Crippen molar-refractivity contribution < 1.29 is 4.74 Å². The topological polar surface area (TPSA) is 38.5 Å². The normalized spacial score (nSPS) is 26.8. The minimum absolute atomic E-state index is 0.311. The molecule has 3 heteroatoms. The molecule has 0 aliphatic carbocycles. The highest BCUT2D eigenvalue weighted by Gasteiger charge is 2.26. The maximum Gasteiger partial charge on any atom is 0.0707 e. The van der Waals surface area contributed by atoms with Crippen molar-refractivity contribution in [3.63, 3.8) is 0 Å². The maximum absolute atomic E-state index is 5.87. The molecule has 0 aromatic rings. The Morgan fingerprint density at radius 3 is 2.47 bits per heavy atom. The zero-order valence-corrected chi connectivity index (χ0v) is 10.4. The van der Waals surface area contributed by atoms with E-state index in [2.05, 4.69) is 25.7 Å². The van der Waals surface area contributed by atoms with Gasteiger partial charge in [-0.3, -0.25) is 4.90 Å². The van der Waals surface area contributed by atoms with Crippen molar-refractivity contribution in [1.29, 1.82) is 0 Å². The third kappa shape index (κ3) is 4.09. The summed E-state index contributed by atoms with van der Waals surface area (Å²) in [4.78, 5) is 2.50. The highest BCUT2D eigenvalue weighted by Crippen LogP contribution is 2.20. The standard InChI is InChI=1S/C12H26N2O/c1-4-7-14(10(2)3)9-12-6-5-11(8-13)15-12/h10-12H,4-9,13H2,1-3H3. The minimum Gasteiger partial charge on any atom is -0.372 e. The van der Waals surface area contributed by atoms with Crippen LogP contribution >= 0.6 is 0 Å². The van der Waals surface area contributed by atoms with Crippen molar-refractivity contribution in [2.75, 3.05) is 19.6 Å². The van der Waals surface area contributed by atoms with E-state index in [1.54, 1.807) is 0 Å². The molecule has 0 aromatic carbocycles. The smallest absolute Gasteiger partial charge is 0.0707 e. The first-order chi connectivity index (χ1) is 7.17. The zero-order valence-electron chi connectivity index (χ0n) is 10.4. The number of hydrogen-bond donors (Lipinski definition) is 1. The van der Waals surface area contributed by atoms with Gasteiger partial charge in [-0.15, -0.1) is 0 Å². The van der Waals surface area contributed by atoms with Gasteiger partial charge in [-0.2, -0.15) is 0 Å². The summed E-state index contributed by atoms with van der Waals surface area (Å²) in [7, 11) is 0. The van der Waals surface area contributed by atoms with E-state index in [1.807, 2.05) is 0 Å². The Kier molecular flexibility index (Phi) is 5.58. The lowest BCUT2D eigenvalue weighted by Gasteiger charge is -2.28. The summed E-state index contributed by atoms with van der Waals surface area (Å²) in [5.41, 5.74) is 5.61. The molecule has 2 atom stereocenters. The van der Waals surface area contributed by atoms with Gasteiger partial charge in [-0.05, 0) is 39.7 Å². The predicted octanol–water partition coefficient (Wildman–Crippen LogP) is 1.61. The Morgan fingerprint density at radius 2 is 2.00 bits per heavy atom. The molecule has 1 aliphatic rings. The quantitative estimate of drug-likeness (QED) is 0.730. The Bertz CT molecular complexity index is 173. The van der Waals surface area contributed by atoms with Gasteiger partial charge in [0.1, 0.15) is 0 Å². The van der Waals surface area contributed by atoms with Gasteiger partial charge >= 0.3 is 0 Å². The van der Waals surface area contributed by atoms with Crippen LogP contribution in [0.2, 0.25) is 0 Å². The van der Waals surface area contributed by atoms with E-state index in [4.69, 9.17) is 10.5 Å². The van der Waals surface area contributed by atoms with Crippen LogP contribution in [0.5, 0.6) is 0 Å². The SMILES string of the molecule is CCCN(CC1CCC(CN)O1)C(C)C. The van der Waals surface area contributed by atoms with E-state index >= 15 is 0 Å². The van der Waals surface area contributed by atoms with Crippen LogP contribution < -0.4 is 5.73 Å². The van der Waals surface area contributed by atoms with Crippen molar-refractivity contribution >= 4 is 0 Å². The Hall–Kier alpha value is -0.120. The second kappa shape index (κ2) is 6.46. The molecule has 2 N–H and O–H groups in total. The first-order valence-electron chi connectivity index (χ1n) is 6.27. The molecule has 1 fully saturated rings. The summed E-state index contributed by atoms with van der Waals surface area (Å²) in [6, 6.07) is 0.616. The number of nitrogens with two attached hydrogens (primary N) is 1. The van der Waals surface area contributed by atoms with E-state index < -0.39 is 0 Å². The number of ether oxygens (including phenoxy) is 1. The number of hydrogen-bond acceptors (Lipinski definition) is 3.